The molecule has 0 saturated carbocycles. The van der Waals surface area contributed by atoms with Crippen LogP contribution in [-0.4, -0.2) is 6.29 Å². The molecule has 0 unspecified atom stereocenters. The number of halogens is 1. The van der Waals surface area contributed by atoms with Crippen LogP contribution in [-0.2, 0) is 5.41 Å². The monoisotopic (exact) mass is 572 g/mol. The van der Waals surface area contributed by atoms with E-state index in [4.69, 9.17) is 0 Å². The van der Waals surface area contributed by atoms with Crippen molar-refractivity contribution in [1.29, 1.82) is 0 Å². The summed E-state index contributed by atoms with van der Waals surface area (Å²) in [7, 11) is 0. The van der Waals surface area contributed by atoms with Crippen molar-refractivity contribution >= 4 is 22.2 Å². The van der Waals surface area contributed by atoms with E-state index in [-0.39, 0.29) is 5.41 Å². The number of fused-ring (bicyclic) bond motifs is 3. The Morgan fingerprint density at radius 2 is 1.11 bits per heavy atom. The van der Waals surface area contributed by atoms with Crippen molar-refractivity contribution in [2.45, 2.75) is 109 Å². The third-order valence-corrected chi connectivity index (χ3v) is 9.11. The Bertz CT molecular complexity index is 1160. The van der Waals surface area contributed by atoms with Crippen LogP contribution in [0.5, 0.6) is 0 Å². The van der Waals surface area contributed by atoms with Crippen LogP contribution in [0.15, 0.2) is 65.1 Å². The van der Waals surface area contributed by atoms with Crippen molar-refractivity contribution in [2.24, 2.45) is 0 Å². The highest BCUT2D eigenvalue weighted by atomic mass is 79.9. The summed E-state index contributed by atoms with van der Waals surface area (Å²) in [6.07, 6.45) is 19.3. The zero-order valence-electron chi connectivity index (χ0n) is 23.5. The third-order valence-electron chi connectivity index (χ3n) is 8.62. The van der Waals surface area contributed by atoms with E-state index in [0.717, 1.165) is 11.8 Å². The molecule has 0 radical (unpaired) electrons. The van der Waals surface area contributed by atoms with Crippen LogP contribution < -0.4 is 0 Å². The van der Waals surface area contributed by atoms with Gasteiger partial charge in [0.05, 0.1) is 0 Å². The van der Waals surface area contributed by atoms with Crippen LogP contribution >= 0.6 is 15.9 Å². The molecule has 0 fully saturated rings. The highest BCUT2D eigenvalue weighted by Gasteiger charge is 2.42. The van der Waals surface area contributed by atoms with E-state index in [1.54, 1.807) is 0 Å². The minimum atomic E-state index is 0.0721. The van der Waals surface area contributed by atoms with Crippen LogP contribution in [0.25, 0.3) is 22.3 Å². The zero-order chi connectivity index (χ0) is 26.8. The van der Waals surface area contributed by atoms with Gasteiger partial charge in [-0.05, 0) is 64.4 Å². The fraction of sp³-hybridized carbons (Fsp3) is 0.472. The summed E-state index contributed by atoms with van der Waals surface area (Å²) < 4.78 is 1.18. The van der Waals surface area contributed by atoms with Crippen LogP contribution in [0.2, 0.25) is 0 Å². The molecular formula is C36H45BrO. The lowest BCUT2D eigenvalue weighted by Crippen LogP contribution is -2.25. The smallest absolute Gasteiger partial charge is 0.150 e. The summed E-state index contributed by atoms with van der Waals surface area (Å²) in [5.41, 5.74) is 9.12. The first-order chi connectivity index (χ1) is 18.6. The molecule has 1 aliphatic rings. The molecule has 3 aromatic carbocycles. The van der Waals surface area contributed by atoms with E-state index in [9.17, 15) is 4.79 Å². The number of hydrogen-bond acceptors (Lipinski definition) is 1. The number of benzene rings is 3. The van der Waals surface area contributed by atoms with Gasteiger partial charge in [-0.15, -0.1) is 0 Å². The molecule has 2 heteroatoms. The Morgan fingerprint density at radius 1 is 0.605 bits per heavy atom. The first-order valence-electron chi connectivity index (χ1n) is 15.1. The highest BCUT2D eigenvalue weighted by molar-refractivity contribution is 9.10. The first-order valence-corrected chi connectivity index (χ1v) is 15.9. The molecule has 202 valence electrons. The minimum Gasteiger partial charge on any atom is -0.298 e. The van der Waals surface area contributed by atoms with E-state index in [2.05, 4.69) is 78.3 Å². The summed E-state index contributed by atoms with van der Waals surface area (Å²) in [5.74, 6) is 0. The molecule has 0 saturated heterocycles. The number of rotatable bonds is 16. The fourth-order valence-corrected chi connectivity index (χ4v) is 6.84. The van der Waals surface area contributed by atoms with E-state index in [1.165, 1.54) is 128 Å². The van der Waals surface area contributed by atoms with Gasteiger partial charge in [0.1, 0.15) is 6.29 Å². The second kappa shape index (κ2) is 14.3. The van der Waals surface area contributed by atoms with Gasteiger partial charge in [0.15, 0.2) is 0 Å². The molecule has 0 heterocycles. The minimum absolute atomic E-state index is 0.0721. The third kappa shape index (κ3) is 6.68. The maximum absolute atomic E-state index is 11.2. The zero-order valence-corrected chi connectivity index (χ0v) is 25.1. The van der Waals surface area contributed by atoms with Gasteiger partial charge in [-0.3, -0.25) is 4.79 Å². The Balaban J connectivity index is 1.69. The van der Waals surface area contributed by atoms with E-state index < -0.39 is 0 Å². The predicted molar refractivity (Wildman–Crippen MR) is 167 cm³/mol. The topological polar surface area (TPSA) is 17.1 Å². The lowest BCUT2D eigenvalue weighted by molar-refractivity contribution is 0.112. The first kappa shape index (κ1) is 28.8. The summed E-state index contributed by atoms with van der Waals surface area (Å²) in [5, 5.41) is 0. The molecule has 0 N–H and O–H groups in total. The predicted octanol–water partition coefficient (Wildman–Crippen LogP) is 11.7. The molecule has 0 bridgehead atoms. The highest BCUT2D eigenvalue weighted by Crippen LogP contribution is 2.55. The van der Waals surface area contributed by atoms with Crippen molar-refractivity contribution in [2.75, 3.05) is 0 Å². The van der Waals surface area contributed by atoms with Crippen molar-refractivity contribution in [3.8, 4) is 22.3 Å². The number of carbonyl (C=O) groups excluding carboxylic acids is 1. The summed E-state index contributed by atoms with van der Waals surface area (Å²) in [6.45, 7) is 4.59. The van der Waals surface area contributed by atoms with E-state index in [1.807, 2.05) is 12.1 Å². The number of carbonyl (C=O) groups is 1. The molecule has 4 rings (SSSR count). The van der Waals surface area contributed by atoms with Gasteiger partial charge in [0.25, 0.3) is 0 Å². The Hall–Kier alpha value is -2.19. The fourth-order valence-electron chi connectivity index (χ4n) is 6.48. The largest absolute Gasteiger partial charge is 0.298 e. The van der Waals surface area contributed by atoms with Crippen molar-refractivity contribution in [1.82, 2.24) is 0 Å². The maximum Gasteiger partial charge on any atom is 0.150 e. The van der Waals surface area contributed by atoms with E-state index in [0.29, 0.717) is 0 Å². The molecule has 0 aliphatic heterocycles. The van der Waals surface area contributed by atoms with Gasteiger partial charge < -0.3 is 0 Å². The molecule has 1 nitrogen and oxygen atoms in total. The van der Waals surface area contributed by atoms with E-state index >= 15 is 0 Å². The second-order valence-corrected chi connectivity index (χ2v) is 12.2. The van der Waals surface area contributed by atoms with Crippen molar-refractivity contribution in [3.05, 3.63) is 81.8 Å². The molecule has 0 spiro atoms. The maximum atomic E-state index is 11.2. The van der Waals surface area contributed by atoms with Crippen LogP contribution in [0, 0.1) is 0 Å². The van der Waals surface area contributed by atoms with Gasteiger partial charge in [-0.25, -0.2) is 0 Å². The molecule has 0 atom stereocenters. The SMILES string of the molecule is CCCCCCCCC1(CCCCCCCC)c2cc(Br)ccc2-c2ccc(-c3ccc(C=O)cc3)cc21. The number of hydrogen-bond donors (Lipinski definition) is 0. The lowest BCUT2D eigenvalue weighted by Gasteiger charge is -2.33. The average Bonchev–Trinajstić information content (AvgIpc) is 3.21. The average molecular weight is 574 g/mol. The van der Waals surface area contributed by atoms with Gasteiger partial charge in [-0.1, -0.05) is 149 Å². The lowest BCUT2D eigenvalue weighted by atomic mass is 9.70. The Morgan fingerprint density at radius 3 is 1.68 bits per heavy atom. The van der Waals surface area contributed by atoms with Crippen LogP contribution in [0.1, 0.15) is 125 Å². The molecule has 3 aromatic rings. The molecule has 38 heavy (non-hydrogen) atoms. The quantitative estimate of drug-likeness (QED) is 0.123. The number of unbranched alkanes of at least 4 members (excludes halogenated alkanes) is 10. The molecule has 0 amide bonds. The Kier molecular flexibility index (Phi) is 10.8. The van der Waals surface area contributed by atoms with Crippen molar-refractivity contribution in [3.63, 3.8) is 0 Å². The summed E-state index contributed by atoms with van der Waals surface area (Å²) in [6, 6.07) is 22.1. The summed E-state index contributed by atoms with van der Waals surface area (Å²) in [4.78, 5) is 11.2. The van der Waals surface area contributed by atoms with Gasteiger partial charge in [0, 0.05) is 15.5 Å². The molecule has 0 aromatic heterocycles. The summed E-state index contributed by atoms with van der Waals surface area (Å²) >= 11 is 3.82. The number of aldehydes is 1. The van der Waals surface area contributed by atoms with Gasteiger partial charge in [-0.2, -0.15) is 0 Å². The standard InChI is InChI=1S/C36H45BrO/c1-3-5-7-9-11-13-23-36(24-14-12-10-8-6-4-2)34-25-30(29-17-15-28(27-38)16-18-29)19-21-32(34)33-22-20-31(37)26-35(33)36/h15-22,25-27H,3-14,23-24H2,1-2H3. The normalized spacial score (nSPS) is 13.3. The molecule has 1 aliphatic carbocycles. The van der Waals surface area contributed by atoms with Gasteiger partial charge >= 0.3 is 0 Å². The van der Waals surface area contributed by atoms with Crippen LogP contribution in [0.3, 0.4) is 0 Å². The Labute approximate surface area is 239 Å². The van der Waals surface area contributed by atoms with Crippen molar-refractivity contribution < 1.29 is 4.79 Å². The molecular weight excluding hydrogens is 528 g/mol. The van der Waals surface area contributed by atoms with Crippen LogP contribution in [0.4, 0.5) is 0 Å². The second-order valence-electron chi connectivity index (χ2n) is 11.3. The van der Waals surface area contributed by atoms with Gasteiger partial charge in [0.2, 0.25) is 0 Å².